The zero-order valence-electron chi connectivity index (χ0n) is 16.2. The lowest BCUT2D eigenvalue weighted by molar-refractivity contribution is 0.0730. The third-order valence-corrected chi connectivity index (χ3v) is 6.22. The van der Waals surface area contributed by atoms with Crippen LogP contribution in [0.2, 0.25) is 0 Å². The second-order valence-corrected chi connectivity index (χ2v) is 8.26. The quantitative estimate of drug-likeness (QED) is 0.499. The van der Waals surface area contributed by atoms with Crippen molar-refractivity contribution < 1.29 is 9.59 Å². The molecule has 0 spiro atoms. The number of thiophene rings is 1. The maximum absolute atomic E-state index is 13.3. The van der Waals surface area contributed by atoms with Crippen molar-refractivity contribution >= 4 is 39.9 Å². The van der Waals surface area contributed by atoms with E-state index < -0.39 is 0 Å². The van der Waals surface area contributed by atoms with Gasteiger partial charge < -0.3 is 15.2 Å². The van der Waals surface area contributed by atoms with Crippen molar-refractivity contribution in [2.75, 3.05) is 11.9 Å². The minimum Gasteiger partial charge on any atom is -0.340 e. The van der Waals surface area contributed by atoms with E-state index in [0.29, 0.717) is 22.7 Å². The Morgan fingerprint density at radius 2 is 2.00 bits per heavy atom. The topological polar surface area (TPSA) is 78.1 Å². The number of aromatic amines is 1. The van der Waals surface area contributed by atoms with Crippen molar-refractivity contribution in [1.29, 1.82) is 0 Å². The van der Waals surface area contributed by atoms with Gasteiger partial charge >= 0.3 is 0 Å². The molecule has 2 N–H and O–H groups in total. The number of nitrogens with one attached hydrogen (secondary N) is 2. The lowest BCUT2D eigenvalue weighted by Crippen LogP contribution is -2.31. The number of likely N-dealkylation sites (tertiary alicyclic amines) is 1. The highest BCUT2D eigenvalue weighted by Crippen LogP contribution is 2.33. The average molecular weight is 417 g/mol. The molecule has 1 aliphatic heterocycles. The smallest absolute Gasteiger partial charge is 0.265 e. The summed E-state index contributed by atoms with van der Waals surface area (Å²) in [7, 11) is 0. The molecule has 6 nitrogen and oxygen atoms in total. The van der Waals surface area contributed by atoms with E-state index in [1.54, 1.807) is 30.3 Å². The highest BCUT2D eigenvalue weighted by molar-refractivity contribution is 7.12. The van der Waals surface area contributed by atoms with Gasteiger partial charge in [-0.2, -0.15) is 0 Å². The Hall–Kier alpha value is -3.45. The number of carbonyl (C=O) groups excluding carboxylic acids is 2. The highest BCUT2D eigenvalue weighted by Gasteiger charge is 2.32. The number of nitrogens with zero attached hydrogens (tertiary/aromatic N) is 2. The first kappa shape index (κ1) is 18.6. The van der Waals surface area contributed by atoms with Crippen LogP contribution in [-0.4, -0.2) is 33.2 Å². The van der Waals surface area contributed by atoms with Crippen LogP contribution in [0.5, 0.6) is 0 Å². The number of fused-ring (bicyclic) bond motifs is 1. The summed E-state index contributed by atoms with van der Waals surface area (Å²) in [6, 6.07) is 18.5. The van der Waals surface area contributed by atoms with Crippen molar-refractivity contribution in [3.05, 3.63) is 82.3 Å². The Morgan fingerprint density at radius 1 is 1.10 bits per heavy atom. The molecule has 0 bridgehead atoms. The minimum atomic E-state index is -0.170. The number of benzene rings is 2. The Labute approximate surface area is 177 Å². The fourth-order valence-corrected chi connectivity index (χ4v) is 4.54. The number of anilines is 1. The molecule has 3 heterocycles. The molecule has 0 unspecified atom stereocenters. The van der Waals surface area contributed by atoms with Crippen LogP contribution < -0.4 is 5.32 Å². The fraction of sp³-hybridized carbons (Fsp3) is 0.174. The molecule has 150 valence electrons. The number of H-pyrrole nitrogens is 1. The van der Waals surface area contributed by atoms with Crippen molar-refractivity contribution in [2.24, 2.45) is 0 Å². The van der Waals surface area contributed by atoms with E-state index in [4.69, 9.17) is 4.98 Å². The summed E-state index contributed by atoms with van der Waals surface area (Å²) in [5.74, 6) is 0.602. The van der Waals surface area contributed by atoms with E-state index in [2.05, 4.69) is 10.3 Å². The predicted molar refractivity (Wildman–Crippen MR) is 118 cm³/mol. The predicted octanol–water partition coefficient (Wildman–Crippen LogP) is 4.85. The van der Waals surface area contributed by atoms with Crippen molar-refractivity contribution in [3.63, 3.8) is 0 Å². The number of amides is 2. The molecule has 0 saturated carbocycles. The van der Waals surface area contributed by atoms with Gasteiger partial charge in [-0.15, -0.1) is 11.3 Å². The number of aromatic nitrogens is 2. The molecule has 30 heavy (non-hydrogen) atoms. The standard InChI is InChI=1S/C23H20N4O2S/c28-22(20-11-5-13-30-20)24-16-7-3-6-15(14-16)23(29)27-12-4-10-19(27)21-25-17-8-1-2-9-18(17)26-21/h1-3,5-9,11,13-14,19H,4,10,12H2,(H,24,28)(H,25,26)/t19-/m0/s1. The molecule has 2 aromatic heterocycles. The highest BCUT2D eigenvalue weighted by atomic mass is 32.1. The summed E-state index contributed by atoms with van der Waals surface area (Å²) in [5, 5.41) is 4.73. The average Bonchev–Trinajstić information content (AvgIpc) is 3.53. The zero-order valence-corrected chi connectivity index (χ0v) is 17.0. The lowest BCUT2D eigenvalue weighted by atomic mass is 10.1. The van der Waals surface area contributed by atoms with Gasteiger partial charge in [0.25, 0.3) is 11.8 Å². The van der Waals surface area contributed by atoms with Crippen LogP contribution in [0, 0.1) is 0 Å². The number of para-hydroxylation sites is 2. The van der Waals surface area contributed by atoms with Crippen LogP contribution >= 0.6 is 11.3 Å². The molecule has 1 aliphatic rings. The molecule has 5 rings (SSSR count). The van der Waals surface area contributed by atoms with E-state index in [0.717, 1.165) is 29.7 Å². The number of hydrogen-bond donors (Lipinski definition) is 2. The van der Waals surface area contributed by atoms with Crippen molar-refractivity contribution in [3.8, 4) is 0 Å². The SMILES string of the molecule is O=C(Nc1cccc(C(=O)N2CCC[C@H]2c2nc3ccccc3[nH]2)c1)c1cccs1. The van der Waals surface area contributed by atoms with Crippen LogP contribution in [-0.2, 0) is 0 Å². The van der Waals surface area contributed by atoms with Gasteiger partial charge in [0.1, 0.15) is 5.82 Å². The van der Waals surface area contributed by atoms with E-state index in [1.807, 2.05) is 40.6 Å². The maximum atomic E-state index is 13.3. The van der Waals surface area contributed by atoms with E-state index in [9.17, 15) is 9.59 Å². The Kier molecular flexibility index (Phi) is 4.80. The monoisotopic (exact) mass is 416 g/mol. The van der Waals surface area contributed by atoms with Crippen LogP contribution in [0.1, 0.15) is 44.7 Å². The van der Waals surface area contributed by atoms with Gasteiger partial charge in [0.05, 0.1) is 22.0 Å². The van der Waals surface area contributed by atoms with E-state index in [-0.39, 0.29) is 17.9 Å². The van der Waals surface area contributed by atoms with Gasteiger partial charge in [-0.25, -0.2) is 4.98 Å². The van der Waals surface area contributed by atoms with Crippen molar-refractivity contribution in [2.45, 2.75) is 18.9 Å². The second-order valence-electron chi connectivity index (χ2n) is 7.31. The van der Waals surface area contributed by atoms with Crippen LogP contribution in [0.15, 0.2) is 66.0 Å². The Bertz CT molecular complexity index is 1180. The summed E-state index contributed by atoms with van der Waals surface area (Å²) >= 11 is 1.38. The van der Waals surface area contributed by atoms with E-state index >= 15 is 0 Å². The third-order valence-electron chi connectivity index (χ3n) is 5.35. The number of rotatable bonds is 4. The molecule has 1 saturated heterocycles. The Balaban J connectivity index is 1.37. The van der Waals surface area contributed by atoms with Gasteiger partial charge in [-0.1, -0.05) is 24.3 Å². The first-order valence-electron chi connectivity index (χ1n) is 9.89. The van der Waals surface area contributed by atoms with Crippen LogP contribution in [0.4, 0.5) is 5.69 Å². The molecule has 2 aromatic carbocycles. The van der Waals surface area contributed by atoms with Gasteiger partial charge in [0.15, 0.2) is 0 Å². The number of carbonyl (C=O) groups is 2. The zero-order chi connectivity index (χ0) is 20.5. The molecular weight excluding hydrogens is 396 g/mol. The Morgan fingerprint density at radius 3 is 2.83 bits per heavy atom. The molecule has 2 amide bonds. The van der Waals surface area contributed by atoms with Crippen LogP contribution in [0.25, 0.3) is 11.0 Å². The van der Waals surface area contributed by atoms with E-state index in [1.165, 1.54) is 11.3 Å². The summed E-state index contributed by atoms with van der Waals surface area (Å²) in [6.45, 7) is 0.687. The molecule has 0 aliphatic carbocycles. The van der Waals surface area contributed by atoms with Gasteiger partial charge in [-0.05, 0) is 54.6 Å². The maximum Gasteiger partial charge on any atom is 0.265 e. The normalized spacial score (nSPS) is 16.1. The van der Waals surface area contributed by atoms with Gasteiger partial charge in [0, 0.05) is 17.8 Å². The number of imidazole rings is 1. The number of hydrogen-bond acceptors (Lipinski definition) is 4. The van der Waals surface area contributed by atoms with Gasteiger partial charge in [0.2, 0.25) is 0 Å². The van der Waals surface area contributed by atoms with Crippen molar-refractivity contribution in [1.82, 2.24) is 14.9 Å². The summed E-state index contributed by atoms with van der Waals surface area (Å²) in [5.41, 5.74) is 3.05. The molecule has 7 heteroatoms. The molecule has 1 atom stereocenters. The van der Waals surface area contributed by atoms with Gasteiger partial charge in [-0.3, -0.25) is 9.59 Å². The fourth-order valence-electron chi connectivity index (χ4n) is 3.92. The minimum absolute atomic E-state index is 0.0508. The summed E-state index contributed by atoms with van der Waals surface area (Å²) in [4.78, 5) is 36.2. The molecule has 1 fully saturated rings. The second kappa shape index (κ2) is 7.76. The molecule has 4 aromatic rings. The van der Waals surface area contributed by atoms with Crippen LogP contribution in [0.3, 0.4) is 0 Å². The summed E-state index contributed by atoms with van der Waals surface area (Å²) < 4.78 is 0. The largest absolute Gasteiger partial charge is 0.340 e. The molecular formula is C23H20N4O2S. The first-order valence-corrected chi connectivity index (χ1v) is 10.8. The third kappa shape index (κ3) is 3.48. The first-order chi connectivity index (χ1) is 14.7. The lowest BCUT2D eigenvalue weighted by Gasteiger charge is -2.23. The molecule has 0 radical (unpaired) electrons. The summed E-state index contributed by atoms with van der Waals surface area (Å²) in [6.07, 6.45) is 1.81.